The van der Waals surface area contributed by atoms with Crippen LogP contribution in [-0.2, 0) is 10.0 Å². The normalized spacial score (nSPS) is 11.3. The van der Waals surface area contributed by atoms with Gasteiger partial charge in [0.25, 0.3) is 10.0 Å². The fraction of sp³-hybridized carbons (Fsp3) is 0. The van der Waals surface area contributed by atoms with Crippen molar-refractivity contribution in [3.63, 3.8) is 0 Å². The summed E-state index contributed by atoms with van der Waals surface area (Å²) >= 11 is 5.69. The molecule has 19 heavy (non-hydrogen) atoms. The van der Waals surface area contributed by atoms with Crippen molar-refractivity contribution in [1.82, 2.24) is 4.98 Å². The molecule has 0 fully saturated rings. The highest BCUT2D eigenvalue weighted by Gasteiger charge is 2.21. The number of phenolic OH excluding ortho intramolecular Hbond substituents is 1. The number of benzene rings is 1. The average Bonchev–Trinajstić information content (AvgIpc) is 2.34. The van der Waals surface area contributed by atoms with E-state index in [1.165, 1.54) is 24.3 Å². The molecule has 2 N–H and O–H groups in total. The molecule has 8 heteroatoms. The first-order chi connectivity index (χ1) is 8.90. The highest BCUT2D eigenvalue weighted by Crippen LogP contribution is 2.28. The van der Waals surface area contributed by atoms with Gasteiger partial charge in [-0.1, -0.05) is 11.6 Å². The van der Waals surface area contributed by atoms with E-state index >= 15 is 0 Å². The van der Waals surface area contributed by atoms with Crippen molar-refractivity contribution in [2.75, 3.05) is 4.72 Å². The number of nitrogens with one attached hydrogen (secondary N) is 1. The zero-order chi connectivity index (χ0) is 14.0. The van der Waals surface area contributed by atoms with E-state index in [1.807, 2.05) is 4.72 Å². The van der Waals surface area contributed by atoms with E-state index in [0.717, 1.165) is 12.3 Å². The molecule has 0 aliphatic carbocycles. The van der Waals surface area contributed by atoms with E-state index in [-0.39, 0.29) is 16.5 Å². The van der Waals surface area contributed by atoms with Crippen LogP contribution in [0.3, 0.4) is 0 Å². The molecular weight excluding hydrogens is 295 g/mol. The molecule has 0 bridgehead atoms. The Morgan fingerprint density at radius 3 is 2.74 bits per heavy atom. The van der Waals surface area contributed by atoms with Crippen LogP contribution in [-0.4, -0.2) is 18.5 Å². The van der Waals surface area contributed by atoms with Gasteiger partial charge in [-0.25, -0.2) is 9.37 Å². The number of nitrogens with zero attached hydrogens (tertiary/aromatic N) is 1. The zero-order valence-electron chi connectivity index (χ0n) is 9.34. The molecule has 2 aromatic rings. The number of anilines is 1. The summed E-state index contributed by atoms with van der Waals surface area (Å²) in [7, 11) is -4.24. The minimum Gasteiger partial charge on any atom is -0.506 e. The number of sulfonamides is 1. The second-order valence-electron chi connectivity index (χ2n) is 3.56. The van der Waals surface area contributed by atoms with E-state index in [1.54, 1.807) is 0 Å². The number of halogens is 2. The third-order valence-electron chi connectivity index (χ3n) is 2.18. The van der Waals surface area contributed by atoms with Gasteiger partial charge in [-0.05, 0) is 30.3 Å². The van der Waals surface area contributed by atoms with Crippen molar-refractivity contribution in [2.45, 2.75) is 5.03 Å². The van der Waals surface area contributed by atoms with Gasteiger partial charge >= 0.3 is 0 Å². The molecule has 0 spiro atoms. The minimum absolute atomic E-state index is 0.155. The molecule has 0 saturated carbocycles. The van der Waals surface area contributed by atoms with Gasteiger partial charge in [0.2, 0.25) is 5.03 Å². The van der Waals surface area contributed by atoms with Crippen molar-refractivity contribution in [2.24, 2.45) is 0 Å². The number of hydrogen-bond donors (Lipinski definition) is 2. The van der Waals surface area contributed by atoms with Crippen LogP contribution in [0.1, 0.15) is 0 Å². The Bertz CT molecular complexity index is 722. The Hall–Kier alpha value is -1.86. The first-order valence-electron chi connectivity index (χ1n) is 5.02. The SMILES string of the molecule is O=S(=O)(Nc1cc(Cl)ccc1O)c1ncccc1F. The third-order valence-corrected chi connectivity index (χ3v) is 3.72. The predicted octanol–water partition coefficient (Wildman–Crippen LogP) is 2.38. The van der Waals surface area contributed by atoms with E-state index in [0.29, 0.717) is 0 Å². The highest BCUT2D eigenvalue weighted by molar-refractivity contribution is 7.92. The Morgan fingerprint density at radius 1 is 1.32 bits per heavy atom. The predicted molar refractivity (Wildman–Crippen MR) is 68.1 cm³/mol. The lowest BCUT2D eigenvalue weighted by molar-refractivity contribution is 0.477. The second kappa shape index (κ2) is 5.02. The quantitative estimate of drug-likeness (QED) is 0.853. The third kappa shape index (κ3) is 2.94. The molecule has 0 aliphatic rings. The van der Waals surface area contributed by atoms with Gasteiger partial charge in [0, 0.05) is 11.2 Å². The lowest BCUT2D eigenvalue weighted by Crippen LogP contribution is -2.16. The molecular formula is C11H8ClFN2O3S. The average molecular weight is 303 g/mol. The van der Waals surface area contributed by atoms with Crippen molar-refractivity contribution in [3.05, 3.63) is 47.4 Å². The van der Waals surface area contributed by atoms with E-state index in [4.69, 9.17) is 11.6 Å². The van der Waals surface area contributed by atoms with Crippen molar-refractivity contribution in [3.8, 4) is 5.75 Å². The molecule has 1 aromatic carbocycles. The van der Waals surface area contributed by atoms with Crippen LogP contribution in [0.4, 0.5) is 10.1 Å². The van der Waals surface area contributed by atoms with Crippen molar-refractivity contribution in [1.29, 1.82) is 0 Å². The molecule has 100 valence electrons. The number of aromatic nitrogens is 1. The fourth-order valence-electron chi connectivity index (χ4n) is 1.35. The van der Waals surface area contributed by atoms with Crippen molar-refractivity contribution < 1.29 is 17.9 Å². The first kappa shape index (κ1) is 13.6. The van der Waals surface area contributed by atoms with Gasteiger partial charge < -0.3 is 5.11 Å². The Labute approximate surface area is 113 Å². The van der Waals surface area contributed by atoms with Crippen LogP contribution >= 0.6 is 11.6 Å². The Morgan fingerprint density at radius 2 is 2.05 bits per heavy atom. The molecule has 0 saturated heterocycles. The Balaban J connectivity index is 2.43. The van der Waals surface area contributed by atoms with Gasteiger partial charge in [-0.2, -0.15) is 8.42 Å². The number of pyridine rings is 1. The molecule has 2 rings (SSSR count). The maximum absolute atomic E-state index is 13.4. The second-order valence-corrected chi connectivity index (χ2v) is 5.59. The largest absolute Gasteiger partial charge is 0.506 e. The van der Waals surface area contributed by atoms with E-state index < -0.39 is 20.9 Å². The highest BCUT2D eigenvalue weighted by atomic mass is 35.5. The van der Waals surface area contributed by atoms with Crippen molar-refractivity contribution >= 4 is 27.3 Å². The molecule has 0 amide bonds. The van der Waals surface area contributed by atoms with Crippen LogP contribution in [0.5, 0.6) is 5.75 Å². The van der Waals surface area contributed by atoms with E-state index in [2.05, 4.69) is 4.98 Å². The summed E-state index contributed by atoms with van der Waals surface area (Å²) in [4.78, 5) is 3.46. The zero-order valence-corrected chi connectivity index (χ0v) is 10.9. The summed E-state index contributed by atoms with van der Waals surface area (Å²) in [6.07, 6.45) is 1.15. The summed E-state index contributed by atoms with van der Waals surface area (Å²) in [6.45, 7) is 0. The standard InChI is InChI=1S/C11H8ClFN2O3S/c12-7-3-4-10(16)9(6-7)15-19(17,18)11-8(13)2-1-5-14-11/h1-6,15-16H. The maximum atomic E-state index is 13.4. The number of hydrogen-bond acceptors (Lipinski definition) is 4. The molecule has 1 heterocycles. The first-order valence-corrected chi connectivity index (χ1v) is 6.88. The molecule has 0 radical (unpaired) electrons. The molecule has 0 unspecified atom stereocenters. The number of aromatic hydroxyl groups is 1. The maximum Gasteiger partial charge on any atom is 0.282 e. The summed E-state index contributed by atoms with van der Waals surface area (Å²) in [5.41, 5.74) is -0.155. The summed E-state index contributed by atoms with van der Waals surface area (Å²) in [5, 5.41) is 8.98. The van der Waals surface area contributed by atoms with Crippen LogP contribution in [0.25, 0.3) is 0 Å². The van der Waals surface area contributed by atoms with Crippen LogP contribution in [0.2, 0.25) is 5.02 Å². The summed E-state index contributed by atoms with van der Waals surface area (Å²) in [6, 6.07) is 6.05. The number of rotatable bonds is 3. The van der Waals surface area contributed by atoms with Gasteiger partial charge in [-0.15, -0.1) is 0 Å². The van der Waals surface area contributed by atoms with Gasteiger partial charge in [-0.3, -0.25) is 4.72 Å². The van der Waals surface area contributed by atoms with Crippen LogP contribution in [0, 0.1) is 5.82 Å². The summed E-state index contributed by atoms with van der Waals surface area (Å²) in [5.74, 6) is -1.32. The van der Waals surface area contributed by atoms with Gasteiger partial charge in [0.15, 0.2) is 5.82 Å². The minimum atomic E-state index is -4.24. The fourth-order valence-corrected chi connectivity index (χ4v) is 2.60. The lowest BCUT2D eigenvalue weighted by Gasteiger charge is -2.09. The molecule has 0 atom stereocenters. The molecule has 5 nitrogen and oxygen atoms in total. The van der Waals surface area contributed by atoms with E-state index in [9.17, 15) is 17.9 Å². The monoisotopic (exact) mass is 302 g/mol. The van der Waals surface area contributed by atoms with Crippen LogP contribution < -0.4 is 4.72 Å². The van der Waals surface area contributed by atoms with Crippen LogP contribution in [0.15, 0.2) is 41.6 Å². The smallest absolute Gasteiger partial charge is 0.282 e. The summed E-state index contributed by atoms with van der Waals surface area (Å²) < 4.78 is 39.3. The Kier molecular flexibility index (Phi) is 3.59. The topological polar surface area (TPSA) is 79.3 Å². The molecule has 1 aromatic heterocycles. The van der Waals surface area contributed by atoms with Gasteiger partial charge in [0.1, 0.15) is 5.75 Å². The van der Waals surface area contributed by atoms with Gasteiger partial charge in [0.05, 0.1) is 5.69 Å². The number of phenols is 1. The molecule has 0 aliphatic heterocycles. The lowest BCUT2D eigenvalue weighted by atomic mass is 10.3.